The highest BCUT2D eigenvalue weighted by Gasteiger charge is 2.55. The van der Waals surface area contributed by atoms with Crippen LogP contribution in [0.1, 0.15) is 44.9 Å². The van der Waals surface area contributed by atoms with E-state index in [1.54, 1.807) is 0 Å². The zero-order valence-electron chi connectivity index (χ0n) is 10.6. The number of rotatable bonds is 1. The van der Waals surface area contributed by atoms with Crippen LogP contribution < -0.4 is 5.32 Å². The van der Waals surface area contributed by atoms with E-state index in [0.29, 0.717) is 23.7 Å². The van der Waals surface area contributed by atoms with E-state index in [4.69, 9.17) is 0 Å². The van der Waals surface area contributed by atoms with Crippen molar-refractivity contribution in [3.05, 3.63) is 0 Å². The lowest BCUT2D eigenvalue weighted by atomic mass is 9.45. The van der Waals surface area contributed by atoms with Crippen molar-refractivity contribution in [1.29, 1.82) is 0 Å². The zero-order chi connectivity index (χ0) is 11.5. The van der Waals surface area contributed by atoms with Crippen LogP contribution in [0.4, 0.5) is 0 Å². The number of nitrogens with one attached hydrogen (secondary N) is 1. The van der Waals surface area contributed by atoms with Gasteiger partial charge in [0.15, 0.2) is 0 Å². The molecule has 4 aliphatic carbocycles. The summed E-state index contributed by atoms with van der Waals surface area (Å²) < 4.78 is 0. The van der Waals surface area contributed by atoms with Gasteiger partial charge in [0.25, 0.3) is 0 Å². The summed E-state index contributed by atoms with van der Waals surface area (Å²) in [5.74, 6) is 3.87. The Morgan fingerprint density at radius 3 is 2.12 bits per heavy atom. The Morgan fingerprint density at radius 1 is 1.00 bits per heavy atom. The highest BCUT2D eigenvalue weighted by molar-refractivity contribution is 5.84. The first-order valence-electron chi connectivity index (χ1n) is 7.49. The summed E-state index contributed by atoms with van der Waals surface area (Å²) in [6, 6.07) is 0. The molecule has 0 aromatic carbocycles. The number of ketones is 1. The Labute approximate surface area is 104 Å². The number of hydrogen-bond donors (Lipinski definition) is 1. The van der Waals surface area contributed by atoms with E-state index in [9.17, 15) is 4.79 Å². The highest BCUT2D eigenvalue weighted by atomic mass is 16.1. The van der Waals surface area contributed by atoms with Gasteiger partial charge in [-0.25, -0.2) is 0 Å². The Morgan fingerprint density at radius 2 is 1.59 bits per heavy atom. The zero-order valence-corrected chi connectivity index (χ0v) is 10.6. The standard InChI is InChI=1S/C15H23NO/c17-14-9-16-2-1-13(14)15-6-10-3-11(7-15)5-12(4-10)8-15/h10-13,16H,1-9H2. The minimum atomic E-state index is 0.414. The molecule has 1 unspecified atom stereocenters. The molecular formula is C15H23NO. The second-order valence-corrected chi connectivity index (χ2v) is 7.26. The lowest BCUT2D eigenvalue weighted by Crippen LogP contribution is -2.54. The first-order valence-corrected chi connectivity index (χ1v) is 7.49. The number of Topliss-reactive ketones (excluding diaryl/α,β-unsaturated/α-hetero) is 1. The van der Waals surface area contributed by atoms with Gasteiger partial charge < -0.3 is 5.32 Å². The van der Waals surface area contributed by atoms with Gasteiger partial charge in [0, 0.05) is 5.92 Å². The predicted octanol–water partition coefficient (Wildman–Crippen LogP) is 2.38. The monoisotopic (exact) mass is 233 g/mol. The molecule has 5 rings (SSSR count). The van der Waals surface area contributed by atoms with Crippen molar-refractivity contribution in [3.63, 3.8) is 0 Å². The van der Waals surface area contributed by atoms with Crippen LogP contribution in [0.3, 0.4) is 0 Å². The number of carbonyl (C=O) groups excluding carboxylic acids is 1. The van der Waals surface area contributed by atoms with Gasteiger partial charge in [0.05, 0.1) is 6.54 Å². The second kappa shape index (κ2) is 3.57. The third-order valence-corrected chi connectivity index (χ3v) is 6.12. The van der Waals surface area contributed by atoms with E-state index in [1.165, 1.54) is 38.5 Å². The maximum Gasteiger partial charge on any atom is 0.150 e. The first-order chi connectivity index (χ1) is 8.25. The smallest absolute Gasteiger partial charge is 0.150 e. The van der Waals surface area contributed by atoms with E-state index < -0.39 is 0 Å². The third kappa shape index (κ3) is 1.53. The van der Waals surface area contributed by atoms with Crippen molar-refractivity contribution in [2.45, 2.75) is 44.9 Å². The summed E-state index contributed by atoms with van der Waals surface area (Å²) >= 11 is 0. The molecule has 0 aromatic heterocycles. The van der Waals surface area contributed by atoms with Crippen LogP contribution in [0.25, 0.3) is 0 Å². The van der Waals surface area contributed by atoms with Gasteiger partial charge in [0.2, 0.25) is 0 Å². The number of piperidine rings is 1. The molecule has 0 amide bonds. The Hall–Kier alpha value is -0.370. The van der Waals surface area contributed by atoms with Crippen molar-refractivity contribution in [2.24, 2.45) is 29.1 Å². The van der Waals surface area contributed by atoms with Gasteiger partial charge in [-0.3, -0.25) is 4.79 Å². The van der Waals surface area contributed by atoms with Crippen LogP contribution in [0.15, 0.2) is 0 Å². The Balaban J connectivity index is 1.65. The summed E-state index contributed by atoms with van der Waals surface area (Å²) in [6.45, 7) is 1.71. The quantitative estimate of drug-likeness (QED) is 0.753. The summed E-state index contributed by atoms with van der Waals surface area (Å²) in [6.07, 6.45) is 9.72. The van der Waals surface area contributed by atoms with Crippen LogP contribution in [0.5, 0.6) is 0 Å². The summed E-state index contributed by atoms with van der Waals surface area (Å²) in [5.41, 5.74) is 0.452. The van der Waals surface area contributed by atoms with Gasteiger partial charge >= 0.3 is 0 Å². The summed E-state index contributed by atoms with van der Waals surface area (Å²) in [7, 11) is 0. The minimum Gasteiger partial charge on any atom is -0.310 e. The van der Waals surface area contributed by atoms with Crippen LogP contribution in [0.2, 0.25) is 0 Å². The molecule has 1 atom stereocenters. The highest BCUT2D eigenvalue weighted by Crippen LogP contribution is 2.63. The van der Waals surface area contributed by atoms with Gasteiger partial charge in [-0.15, -0.1) is 0 Å². The van der Waals surface area contributed by atoms with E-state index >= 15 is 0 Å². The molecule has 4 saturated carbocycles. The second-order valence-electron chi connectivity index (χ2n) is 7.26. The molecule has 0 spiro atoms. The number of hydrogen-bond acceptors (Lipinski definition) is 2. The topological polar surface area (TPSA) is 29.1 Å². The maximum atomic E-state index is 12.2. The van der Waals surface area contributed by atoms with Gasteiger partial charge in [-0.05, 0) is 74.7 Å². The average Bonchev–Trinajstić information content (AvgIpc) is 2.27. The van der Waals surface area contributed by atoms with E-state index in [1.807, 2.05) is 0 Å². The largest absolute Gasteiger partial charge is 0.310 e. The fraction of sp³-hybridized carbons (Fsp3) is 0.933. The van der Waals surface area contributed by atoms with Crippen molar-refractivity contribution in [1.82, 2.24) is 5.32 Å². The Bertz CT molecular complexity index is 314. The molecule has 2 nitrogen and oxygen atoms in total. The summed E-state index contributed by atoms with van der Waals surface area (Å²) in [4.78, 5) is 12.2. The van der Waals surface area contributed by atoms with Crippen LogP contribution >= 0.6 is 0 Å². The molecule has 0 aromatic rings. The molecule has 5 fully saturated rings. The first kappa shape index (κ1) is 10.5. The van der Waals surface area contributed by atoms with Crippen molar-refractivity contribution >= 4 is 5.78 Å². The molecular weight excluding hydrogens is 210 g/mol. The Kier molecular flexibility index (Phi) is 2.21. The van der Waals surface area contributed by atoms with Gasteiger partial charge in [-0.1, -0.05) is 0 Å². The van der Waals surface area contributed by atoms with E-state index in [-0.39, 0.29) is 0 Å². The van der Waals surface area contributed by atoms with Crippen LogP contribution in [0, 0.1) is 29.1 Å². The van der Waals surface area contributed by atoms with Gasteiger partial charge in [-0.2, -0.15) is 0 Å². The molecule has 1 heterocycles. The normalized spacial score (nSPS) is 53.1. The van der Waals surface area contributed by atoms with E-state index in [0.717, 1.165) is 30.7 Å². The molecule has 4 bridgehead atoms. The van der Waals surface area contributed by atoms with Crippen molar-refractivity contribution in [3.8, 4) is 0 Å². The molecule has 0 radical (unpaired) electrons. The molecule has 5 aliphatic rings. The third-order valence-electron chi connectivity index (χ3n) is 6.12. The fourth-order valence-corrected chi connectivity index (χ4v) is 5.99. The van der Waals surface area contributed by atoms with E-state index in [2.05, 4.69) is 5.32 Å². The average molecular weight is 233 g/mol. The number of carbonyl (C=O) groups is 1. The minimum absolute atomic E-state index is 0.414. The molecule has 1 aliphatic heterocycles. The SMILES string of the molecule is O=C1CNCCC1C12CC3CC(CC(C3)C1)C2. The van der Waals surface area contributed by atoms with Crippen molar-refractivity contribution in [2.75, 3.05) is 13.1 Å². The summed E-state index contributed by atoms with van der Waals surface area (Å²) in [5, 5.41) is 3.25. The lowest BCUT2D eigenvalue weighted by Gasteiger charge is -2.59. The van der Waals surface area contributed by atoms with Crippen LogP contribution in [-0.2, 0) is 4.79 Å². The molecule has 94 valence electrons. The van der Waals surface area contributed by atoms with Crippen LogP contribution in [-0.4, -0.2) is 18.9 Å². The van der Waals surface area contributed by atoms with Gasteiger partial charge in [0.1, 0.15) is 5.78 Å². The molecule has 1 N–H and O–H groups in total. The molecule has 1 saturated heterocycles. The molecule has 2 heteroatoms. The lowest BCUT2D eigenvalue weighted by molar-refractivity contribution is -0.141. The fourth-order valence-electron chi connectivity index (χ4n) is 5.99. The maximum absolute atomic E-state index is 12.2. The van der Waals surface area contributed by atoms with Crippen molar-refractivity contribution < 1.29 is 4.79 Å². The predicted molar refractivity (Wildman–Crippen MR) is 66.6 cm³/mol. The molecule has 17 heavy (non-hydrogen) atoms.